The Morgan fingerprint density at radius 3 is 2.35 bits per heavy atom. The van der Waals surface area contributed by atoms with Crippen molar-refractivity contribution >= 4 is 35.8 Å². The van der Waals surface area contributed by atoms with Crippen molar-refractivity contribution in [3.8, 4) is 5.75 Å². The van der Waals surface area contributed by atoms with Gasteiger partial charge in [-0.1, -0.05) is 0 Å². The Bertz CT molecular complexity index is 863. The molecule has 0 aliphatic carbocycles. The summed E-state index contributed by atoms with van der Waals surface area (Å²) in [4.78, 5) is 16.7. The van der Waals surface area contributed by atoms with Gasteiger partial charge in [-0.3, -0.25) is 4.79 Å². The van der Waals surface area contributed by atoms with Crippen LogP contribution in [0.25, 0.3) is 0 Å². The van der Waals surface area contributed by atoms with E-state index >= 15 is 0 Å². The van der Waals surface area contributed by atoms with Gasteiger partial charge in [0.2, 0.25) is 0 Å². The maximum absolute atomic E-state index is 12.2. The van der Waals surface area contributed by atoms with E-state index in [1.54, 1.807) is 38.3 Å². The molecule has 31 heavy (non-hydrogen) atoms. The average molecular weight is 544 g/mol. The number of nitrogens with zero attached hydrogens (tertiary/aromatic N) is 1. The second-order valence-corrected chi connectivity index (χ2v) is 7.21. The van der Waals surface area contributed by atoms with Gasteiger partial charge in [-0.25, -0.2) is 4.99 Å². The largest absolute Gasteiger partial charge is 0.497 e. The zero-order valence-corrected chi connectivity index (χ0v) is 21.1. The van der Waals surface area contributed by atoms with Crippen LogP contribution in [0.5, 0.6) is 5.75 Å². The predicted octanol–water partition coefficient (Wildman–Crippen LogP) is 2.72. The SMILES string of the molecule is CCNC(=NCC(C)(O)c1cc(C)oc1C)NCCNC(=O)c1ccc(OC)cc1.I. The van der Waals surface area contributed by atoms with Crippen molar-refractivity contribution in [1.29, 1.82) is 0 Å². The maximum atomic E-state index is 12.2. The van der Waals surface area contributed by atoms with E-state index < -0.39 is 5.60 Å². The van der Waals surface area contributed by atoms with Gasteiger partial charge < -0.3 is 30.2 Å². The molecule has 1 aromatic carbocycles. The summed E-state index contributed by atoms with van der Waals surface area (Å²) in [5.74, 6) is 2.55. The van der Waals surface area contributed by atoms with Crippen LogP contribution in [0.15, 0.2) is 39.7 Å². The van der Waals surface area contributed by atoms with Crippen LogP contribution in [0, 0.1) is 13.8 Å². The van der Waals surface area contributed by atoms with Crippen LogP contribution in [0.4, 0.5) is 0 Å². The monoisotopic (exact) mass is 544 g/mol. The summed E-state index contributed by atoms with van der Waals surface area (Å²) in [7, 11) is 1.58. The molecule has 0 saturated carbocycles. The molecule has 0 spiro atoms. The fraction of sp³-hybridized carbons (Fsp3) is 0.455. The maximum Gasteiger partial charge on any atom is 0.251 e. The first-order valence-corrected chi connectivity index (χ1v) is 10.0. The van der Waals surface area contributed by atoms with Gasteiger partial charge in [0.05, 0.1) is 13.7 Å². The average Bonchev–Trinajstić information content (AvgIpc) is 3.08. The lowest BCUT2D eigenvalue weighted by molar-refractivity contribution is 0.0657. The summed E-state index contributed by atoms with van der Waals surface area (Å²) in [6, 6.07) is 8.76. The molecule has 9 heteroatoms. The number of amides is 1. The lowest BCUT2D eigenvalue weighted by atomic mass is 9.96. The zero-order valence-electron chi connectivity index (χ0n) is 18.7. The van der Waals surface area contributed by atoms with Gasteiger partial charge in [0, 0.05) is 30.8 Å². The first-order valence-electron chi connectivity index (χ1n) is 10.0. The molecule has 0 aliphatic rings. The van der Waals surface area contributed by atoms with Crippen LogP contribution in [0.3, 0.4) is 0 Å². The molecular formula is C22H33IN4O4. The summed E-state index contributed by atoms with van der Waals surface area (Å²) in [5.41, 5.74) is 0.150. The normalized spacial score (nSPS) is 13.0. The van der Waals surface area contributed by atoms with E-state index in [0.29, 0.717) is 42.7 Å². The number of methoxy groups -OCH3 is 1. The number of aryl methyl sites for hydroxylation is 2. The van der Waals surface area contributed by atoms with Gasteiger partial charge in [0.25, 0.3) is 5.91 Å². The molecule has 1 amide bonds. The Kier molecular flexibility index (Phi) is 10.8. The molecule has 1 heterocycles. The van der Waals surface area contributed by atoms with Crippen LogP contribution in [-0.4, -0.2) is 50.3 Å². The highest BCUT2D eigenvalue weighted by atomic mass is 127. The molecule has 0 radical (unpaired) electrons. The number of ether oxygens (including phenoxy) is 1. The highest BCUT2D eigenvalue weighted by Crippen LogP contribution is 2.27. The number of furan rings is 1. The van der Waals surface area contributed by atoms with Gasteiger partial charge in [-0.05, 0) is 58.0 Å². The molecule has 2 aromatic rings. The van der Waals surface area contributed by atoms with E-state index in [-0.39, 0.29) is 36.4 Å². The van der Waals surface area contributed by atoms with Gasteiger partial charge in [0.1, 0.15) is 22.9 Å². The number of carbonyl (C=O) groups is 1. The van der Waals surface area contributed by atoms with E-state index in [0.717, 1.165) is 11.3 Å². The Labute approximate surface area is 200 Å². The highest BCUT2D eigenvalue weighted by molar-refractivity contribution is 14.0. The second-order valence-electron chi connectivity index (χ2n) is 7.21. The number of hydrogen-bond donors (Lipinski definition) is 4. The zero-order chi connectivity index (χ0) is 22.1. The van der Waals surface area contributed by atoms with Gasteiger partial charge in [-0.2, -0.15) is 0 Å². The van der Waals surface area contributed by atoms with Crippen molar-refractivity contribution in [2.75, 3.05) is 33.3 Å². The Morgan fingerprint density at radius 1 is 1.16 bits per heavy atom. The highest BCUT2D eigenvalue weighted by Gasteiger charge is 2.27. The fourth-order valence-electron chi connectivity index (χ4n) is 3.03. The van der Waals surface area contributed by atoms with Crippen molar-refractivity contribution in [1.82, 2.24) is 16.0 Å². The van der Waals surface area contributed by atoms with Crippen LogP contribution in [0.1, 0.15) is 41.3 Å². The first-order chi connectivity index (χ1) is 14.3. The molecule has 172 valence electrons. The predicted molar refractivity (Wildman–Crippen MR) is 132 cm³/mol. The van der Waals surface area contributed by atoms with Crippen LogP contribution >= 0.6 is 24.0 Å². The molecular weight excluding hydrogens is 511 g/mol. The van der Waals surface area contributed by atoms with E-state index in [1.165, 1.54) is 0 Å². The molecule has 2 rings (SSSR count). The Morgan fingerprint density at radius 2 is 1.81 bits per heavy atom. The third-order valence-corrected chi connectivity index (χ3v) is 4.57. The number of guanidine groups is 1. The van der Waals surface area contributed by atoms with Crippen molar-refractivity contribution in [2.45, 2.75) is 33.3 Å². The van der Waals surface area contributed by atoms with E-state index in [4.69, 9.17) is 9.15 Å². The minimum absolute atomic E-state index is 0. The summed E-state index contributed by atoms with van der Waals surface area (Å²) >= 11 is 0. The standard InChI is InChI=1S/C22H32N4O4.HI/c1-6-23-21(26-14-22(4,28)19-13-15(2)30-16(19)3)25-12-11-24-20(27)17-7-9-18(29-5)10-8-17;/h7-10,13,28H,6,11-12,14H2,1-5H3,(H,24,27)(H2,23,25,26);1H. The summed E-state index contributed by atoms with van der Waals surface area (Å²) in [5, 5.41) is 20.0. The summed E-state index contributed by atoms with van der Waals surface area (Å²) in [6.07, 6.45) is 0. The molecule has 1 unspecified atom stereocenters. The van der Waals surface area contributed by atoms with Crippen LogP contribution < -0.4 is 20.7 Å². The van der Waals surface area contributed by atoms with Crippen molar-refractivity contribution in [3.63, 3.8) is 0 Å². The topological polar surface area (TPSA) is 108 Å². The molecule has 8 nitrogen and oxygen atoms in total. The molecule has 0 bridgehead atoms. The minimum Gasteiger partial charge on any atom is -0.497 e. The number of aliphatic imine (C=N–C) groups is 1. The number of hydrogen-bond acceptors (Lipinski definition) is 5. The van der Waals surface area contributed by atoms with Crippen LogP contribution in [-0.2, 0) is 5.60 Å². The van der Waals surface area contributed by atoms with Crippen molar-refractivity contribution in [2.24, 2.45) is 4.99 Å². The van der Waals surface area contributed by atoms with Crippen molar-refractivity contribution < 1.29 is 19.1 Å². The van der Waals surface area contributed by atoms with E-state index in [2.05, 4.69) is 20.9 Å². The number of benzene rings is 1. The molecule has 1 aromatic heterocycles. The number of aliphatic hydroxyl groups is 1. The smallest absolute Gasteiger partial charge is 0.251 e. The lowest BCUT2D eigenvalue weighted by Gasteiger charge is -2.21. The summed E-state index contributed by atoms with van der Waals surface area (Å²) in [6.45, 7) is 9.11. The number of carbonyl (C=O) groups excluding carboxylic acids is 1. The molecule has 0 aliphatic heterocycles. The van der Waals surface area contributed by atoms with Gasteiger partial charge >= 0.3 is 0 Å². The van der Waals surface area contributed by atoms with Gasteiger partial charge in [-0.15, -0.1) is 24.0 Å². The van der Waals surface area contributed by atoms with Crippen molar-refractivity contribution in [3.05, 3.63) is 53.0 Å². The lowest BCUT2D eigenvalue weighted by Crippen LogP contribution is -2.42. The number of halogens is 1. The van der Waals surface area contributed by atoms with E-state index in [9.17, 15) is 9.90 Å². The number of rotatable bonds is 9. The molecule has 0 saturated heterocycles. The van der Waals surface area contributed by atoms with Crippen LogP contribution in [0.2, 0.25) is 0 Å². The third kappa shape index (κ3) is 8.06. The van der Waals surface area contributed by atoms with Gasteiger partial charge in [0.15, 0.2) is 5.96 Å². The third-order valence-electron chi connectivity index (χ3n) is 4.57. The molecule has 4 N–H and O–H groups in total. The summed E-state index contributed by atoms with van der Waals surface area (Å²) < 4.78 is 10.6. The minimum atomic E-state index is -1.15. The quantitative estimate of drug-likeness (QED) is 0.167. The molecule has 0 fully saturated rings. The number of nitrogens with one attached hydrogen (secondary N) is 3. The van der Waals surface area contributed by atoms with E-state index in [1.807, 2.05) is 26.8 Å². The fourth-order valence-corrected chi connectivity index (χ4v) is 3.03. The Hall–Kier alpha value is -2.27. The first kappa shape index (κ1) is 26.8. The Balaban J connectivity index is 0.00000480. The second kappa shape index (κ2) is 12.6. The molecule has 1 atom stereocenters.